The van der Waals surface area contributed by atoms with Gasteiger partial charge in [0.2, 0.25) is 0 Å². The Hall–Kier alpha value is -2.64. The van der Waals surface area contributed by atoms with Gasteiger partial charge in [-0.15, -0.1) is 0 Å². The third kappa shape index (κ3) is 7.59. The molecule has 0 aliphatic heterocycles. The number of hydrogen-bond donors (Lipinski definition) is 0. The normalized spacial score (nSPS) is 12.9. The van der Waals surface area contributed by atoms with Crippen molar-refractivity contribution in [1.29, 1.82) is 0 Å². The Morgan fingerprint density at radius 3 is 1.73 bits per heavy atom. The minimum Gasteiger partial charge on any atom is -0.0683 e. The van der Waals surface area contributed by atoms with E-state index >= 15 is 0 Å². The fourth-order valence-electron chi connectivity index (χ4n) is 7.54. The smallest absolute Gasteiger partial charge is 0.0683 e. The van der Waals surface area contributed by atoms with Crippen molar-refractivity contribution in [3.63, 3.8) is 0 Å². The molecule has 0 amide bonds. The summed E-state index contributed by atoms with van der Waals surface area (Å²) in [6.07, 6.45) is 16.2. The summed E-state index contributed by atoms with van der Waals surface area (Å²) in [4.78, 5) is 0. The van der Waals surface area contributed by atoms with Crippen molar-refractivity contribution in [2.75, 3.05) is 0 Å². The monoisotopic (exact) mass is 650 g/mol. The predicted octanol–water partition coefficient (Wildman–Crippen LogP) is 13.6. The van der Waals surface area contributed by atoms with E-state index in [2.05, 4.69) is 128 Å². The fraction of sp³-hybridized carbons (Fsp3) is 0.442. The molecular weight excluding hydrogens is 596 g/mol. The molecule has 0 unspecified atom stereocenters. The summed E-state index contributed by atoms with van der Waals surface area (Å²) >= 11 is 3.86. The molecule has 0 saturated heterocycles. The Bertz CT molecular complexity index is 1370. The average Bonchev–Trinajstić information content (AvgIpc) is 3.34. The zero-order valence-electron chi connectivity index (χ0n) is 28.1. The Morgan fingerprint density at radius 2 is 1.18 bits per heavy atom. The van der Waals surface area contributed by atoms with Crippen LogP contribution in [-0.2, 0) is 11.8 Å². The molecule has 0 spiro atoms. The number of fused-ring (bicyclic) bond motifs is 3. The van der Waals surface area contributed by atoms with Crippen molar-refractivity contribution >= 4 is 15.9 Å². The first-order valence-corrected chi connectivity index (χ1v) is 18.4. The molecule has 44 heavy (non-hydrogen) atoms. The second-order valence-electron chi connectivity index (χ2n) is 12.6. The van der Waals surface area contributed by atoms with Crippen molar-refractivity contribution in [1.82, 2.24) is 0 Å². The zero-order chi connectivity index (χ0) is 31.4. The van der Waals surface area contributed by atoms with Crippen LogP contribution in [0.3, 0.4) is 0 Å². The number of hydrogen-bond acceptors (Lipinski definition) is 0. The van der Waals surface area contributed by atoms with Crippen molar-refractivity contribution in [2.24, 2.45) is 5.92 Å². The largest absolute Gasteiger partial charge is 0.0714 e. The minimum absolute atomic E-state index is 0.336. The molecule has 0 heterocycles. The van der Waals surface area contributed by atoms with Gasteiger partial charge in [0, 0.05) is 4.47 Å². The van der Waals surface area contributed by atoms with E-state index < -0.39 is 0 Å². The molecule has 1 aliphatic rings. The van der Waals surface area contributed by atoms with Gasteiger partial charge in [0.25, 0.3) is 0 Å². The summed E-state index contributed by atoms with van der Waals surface area (Å²) in [6.45, 7) is 10.9. The molecule has 5 rings (SSSR count). The molecule has 0 N–H and O–H groups in total. The van der Waals surface area contributed by atoms with E-state index in [-0.39, 0.29) is 5.41 Å². The van der Waals surface area contributed by atoms with Crippen LogP contribution < -0.4 is 0 Å². The lowest BCUT2D eigenvalue weighted by atomic mass is 9.67. The standard InChI is InChI=1S/C41H49Br.C2H6/c1-4-6-8-12-18-32(19-13-9-7-5-2)24-25-33-28-31(3)29-39-40(33)37-27-26-36(42)30-38(37)41(39,34-20-14-10-15-21-34)35-22-16-11-17-23-35;1-2/h10-11,14-17,20-23,26-30,32H,4-9,12-13,18-19,24-25H2,1-3H3;1-2H3. The maximum Gasteiger partial charge on any atom is 0.0714 e. The second kappa shape index (κ2) is 17.2. The van der Waals surface area contributed by atoms with Gasteiger partial charge in [-0.1, -0.05) is 192 Å². The van der Waals surface area contributed by atoms with Gasteiger partial charge in [-0.05, 0) is 76.8 Å². The minimum atomic E-state index is -0.336. The van der Waals surface area contributed by atoms with Crippen LogP contribution >= 0.6 is 15.9 Å². The average molecular weight is 652 g/mol. The van der Waals surface area contributed by atoms with Gasteiger partial charge < -0.3 is 0 Å². The van der Waals surface area contributed by atoms with E-state index in [1.54, 1.807) is 0 Å². The Kier molecular flexibility index (Phi) is 13.4. The highest BCUT2D eigenvalue weighted by Crippen LogP contribution is 2.57. The van der Waals surface area contributed by atoms with Crippen LogP contribution in [0.5, 0.6) is 0 Å². The highest BCUT2D eigenvalue weighted by molar-refractivity contribution is 9.10. The third-order valence-electron chi connectivity index (χ3n) is 9.59. The molecule has 4 aromatic carbocycles. The predicted molar refractivity (Wildman–Crippen MR) is 197 cm³/mol. The number of benzene rings is 4. The summed E-state index contributed by atoms with van der Waals surface area (Å²) in [5, 5.41) is 0. The molecule has 0 nitrogen and oxygen atoms in total. The van der Waals surface area contributed by atoms with Crippen LogP contribution in [0.15, 0.2) is 95.5 Å². The molecule has 0 bridgehead atoms. The second-order valence-corrected chi connectivity index (χ2v) is 13.5. The Balaban J connectivity index is 0.00000216. The van der Waals surface area contributed by atoms with Gasteiger partial charge in [0.1, 0.15) is 0 Å². The maximum absolute atomic E-state index is 3.86. The molecule has 0 fully saturated rings. The van der Waals surface area contributed by atoms with Gasteiger partial charge in [-0.25, -0.2) is 0 Å². The van der Waals surface area contributed by atoms with Crippen molar-refractivity contribution in [2.45, 2.75) is 117 Å². The molecule has 1 aliphatic carbocycles. The van der Waals surface area contributed by atoms with E-state index in [1.165, 1.54) is 115 Å². The number of rotatable bonds is 15. The van der Waals surface area contributed by atoms with Gasteiger partial charge in [-0.3, -0.25) is 0 Å². The van der Waals surface area contributed by atoms with Crippen LogP contribution in [0, 0.1) is 12.8 Å². The van der Waals surface area contributed by atoms with Crippen LogP contribution in [-0.4, -0.2) is 0 Å². The first-order chi connectivity index (χ1) is 21.6. The molecule has 4 aromatic rings. The van der Waals surface area contributed by atoms with E-state index in [4.69, 9.17) is 0 Å². The van der Waals surface area contributed by atoms with E-state index in [1.807, 2.05) is 13.8 Å². The van der Waals surface area contributed by atoms with Gasteiger partial charge >= 0.3 is 0 Å². The van der Waals surface area contributed by atoms with E-state index in [0.29, 0.717) is 0 Å². The van der Waals surface area contributed by atoms with Crippen LogP contribution in [0.1, 0.15) is 132 Å². The van der Waals surface area contributed by atoms with Crippen molar-refractivity contribution < 1.29 is 0 Å². The summed E-state index contributed by atoms with van der Waals surface area (Å²) in [6, 6.07) is 34.4. The summed E-state index contributed by atoms with van der Waals surface area (Å²) in [5.74, 6) is 0.827. The van der Waals surface area contributed by atoms with Gasteiger partial charge in [0.05, 0.1) is 5.41 Å². The molecular formula is C43H55Br. The lowest BCUT2D eigenvalue weighted by molar-refractivity contribution is 0.383. The Morgan fingerprint density at radius 1 is 0.614 bits per heavy atom. The summed E-state index contributed by atoms with van der Waals surface area (Å²) in [5.41, 5.74) is 11.0. The van der Waals surface area contributed by atoms with Crippen LogP contribution in [0.25, 0.3) is 11.1 Å². The van der Waals surface area contributed by atoms with E-state index in [0.717, 1.165) is 16.8 Å². The summed E-state index contributed by atoms with van der Waals surface area (Å²) in [7, 11) is 0. The molecule has 0 radical (unpaired) electrons. The lowest BCUT2D eigenvalue weighted by Crippen LogP contribution is -2.28. The third-order valence-corrected chi connectivity index (χ3v) is 10.1. The number of aryl methyl sites for hydroxylation is 2. The van der Waals surface area contributed by atoms with Crippen molar-refractivity contribution in [3.05, 3.63) is 129 Å². The molecule has 0 aromatic heterocycles. The fourth-order valence-corrected chi connectivity index (χ4v) is 7.90. The lowest BCUT2D eigenvalue weighted by Gasteiger charge is -2.34. The number of halogens is 1. The maximum atomic E-state index is 3.86. The molecule has 0 saturated carbocycles. The highest BCUT2D eigenvalue weighted by Gasteiger charge is 2.47. The number of unbranched alkanes of at least 4 members (excludes halogenated alkanes) is 6. The molecule has 0 atom stereocenters. The van der Waals surface area contributed by atoms with Crippen LogP contribution in [0.4, 0.5) is 0 Å². The quantitative estimate of drug-likeness (QED) is 0.0988. The first kappa shape index (κ1) is 34.2. The van der Waals surface area contributed by atoms with Crippen molar-refractivity contribution in [3.8, 4) is 11.1 Å². The van der Waals surface area contributed by atoms with Crippen LogP contribution in [0.2, 0.25) is 0 Å². The van der Waals surface area contributed by atoms with Gasteiger partial charge in [0.15, 0.2) is 0 Å². The highest BCUT2D eigenvalue weighted by atomic mass is 79.9. The summed E-state index contributed by atoms with van der Waals surface area (Å²) < 4.78 is 1.14. The SMILES string of the molecule is CC.CCCCCCC(CCCCCC)CCc1cc(C)cc2c1-c1ccc(Br)cc1C2(c1ccccc1)c1ccccc1. The topological polar surface area (TPSA) is 0 Å². The molecule has 234 valence electrons. The Labute approximate surface area is 277 Å². The first-order valence-electron chi connectivity index (χ1n) is 17.6. The van der Waals surface area contributed by atoms with E-state index in [9.17, 15) is 0 Å². The molecule has 1 heteroatoms. The van der Waals surface area contributed by atoms with Gasteiger partial charge in [-0.2, -0.15) is 0 Å². The zero-order valence-corrected chi connectivity index (χ0v) is 29.7.